The van der Waals surface area contributed by atoms with Crippen molar-refractivity contribution in [1.82, 2.24) is 10.3 Å². The third kappa shape index (κ3) is 4.30. The molecule has 108 valence electrons. The molecule has 2 aromatic rings. The number of aromatic nitrogens is 1. The van der Waals surface area contributed by atoms with E-state index in [1.54, 1.807) is 0 Å². The molecule has 1 aromatic heterocycles. The Morgan fingerprint density at radius 3 is 2.45 bits per heavy atom. The van der Waals surface area contributed by atoms with Gasteiger partial charge >= 0.3 is 0 Å². The first-order chi connectivity index (χ1) is 9.58. The van der Waals surface area contributed by atoms with Crippen LogP contribution in [0.4, 0.5) is 0 Å². The van der Waals surface area contributed by atoms with Gasteiger partial charge in [-0.05, 0) is 44.5 Å². The highest BCUT2D eigenvalue weighted by atomic mass is 35.5. The van der Waals surface area contributed by atoms with E-state index in [0.29, 0.717) is 6.04 Å². The Morgan fingerprint density at radius 1 is 1.20 bits per heavy atom. The Bertz CT molecular complexity index is 529. The minimum atomic E-state index is 0.422. The second-order valence-corrected chi connectivity index (χ2v) is 6.76. The summed E-state index contributed by atoms with van der Waals surface area (Å²) in [5.41, 5.74) is 2.47. The van der Waals surface area contributed by atoms with E-state index in [1.807, 2.05) is 23.5 Å². The molecule has 0 saturated carbocycles. The maximum Gasteiger partial charge on any atom is 0.0946 e. The number of rotatable bonds is 6. The number of benzene rings is 1. The van der Waals surface area contributed by atoms with Gasteiger partial charge in [0.25, 0.3) is 0 Å². The van der Waals surface area contributed by atoms with E-state index in [-0.39, 0.29) is 0 Å². The highest BCUT2D eigenvalue weighted by Crippen LogP contribution is 2.19. The summed E-state index contributed by atoms with van der Waals surface area (Å²) in [6.07, 6.45) is 1.98. The molecule has 0 radical (unpaired) electrons. The molecule has 0 aliphatic carbocycles. The summed E-state index contributed by atoms with van der Waals surface area (Å²) in [6, 6.07) is 8.54. The largest absolute Gasteiger partial charge is 0.314 e. The molecule has 2 rings (SSSR count). The summed E-state index contributed by atoms with van der Waals surface area (Å²) in [5, 5.41) is 5.57. The van der Waals surface area contributed by atoms with Crippen LogP contribution in [-0.2, 0) is 12.8 Å². The highest BCUT2D eigenvalue weighted by molar-refractivity contribution is 7.11. The number of hydrogen-bond donors (Lipinski definition) is 1. The van der Waals surface area contributed by atoms with Crippen molar-refractivity contribution >= 4 is 22.9 Å². The number of hydrogen-bond acceptors (Lipinski definition) is 3. The van der Waals surface area contributed by atoms with Gasteiger partial charge in [-0.3, -0.25) is 0 Å². The third-order valence-corrected chi connectivity index (χ3v) is 4.73. The second-order valence-electron chi connectivity index (χ2n) is 5.04. The van der Waals surface area contributed by atoms with Crippen molar-refractivity contribution in [3.63, 3.8) is 0 Å². The summed E-state index contributed by atoms with van der Waals surface area (Å²) < 4.78 is 0. The number of halogens is 1. The van der Waals surface area contributed by atoms with Crippen LogP contribution in [0.3, 0.4) is 0 Å². The molecule has 0 saturated heterocycles. The summed E-state index contributed by atoms with van der Waals surface area (Å²) >= 11 is 7.74. The number of nitrogens with one attached hydrogen (secondary N) is 1. The van der Waals surface area contributed by atoms with Crippen molar-refractivity contribution in [3.8, 4) is 0 Å². The normalized spacial score (nSPS) is 12.6. The van der Waals surface area contributed by atoms with Crippen molar-refractivity contribution < 1.29 is 0 Å². The van der Waals surface area contributed by atoms with Crippen LogP contribution in [0.5, 0.6) is 0 Å². The zero-order valence-corrected chi connectivity index (χ0v) is 13.8. The van der Waals surface area contributed by atoms with Gasteiger partial charge in [-0.2, -0.15) is 0 Å². The van der Waals surface area contributed by atoms with E-state index < -0.39 is 0 Å². The summed E-state index contributed by atoms with van der Waals surface area (Å²) in [4.78, 5) is 5.97. The number of nitrogens with zero attached hydrogens (tertiary/aromatic N) is 1. The van der Waals surface area contributed by atoms with E-state index >= 15 is 0 Å². The minimum absolute atomic E-state index is 0.422. The lowest BCUT2D eigenvalue weighted by Gasteiger charge is -2.16. The van der Waals surface area contributed by atoms with E-state index in [0.717, 1.165) is 30.1 Å². The number of thiazole rings is 1. The van der Waals surface area contributed by atoms with Crippen LogP contribution >= 0.6 is 22.9 Å². The Hall–Kier alpha value is -0.900. The molecule has 1 unspecified atom stereocenters. The second kappa shape index (κ2) is 7.21. The van der Waals surface area contributed by atoms with Gasteiger partial charge in [-0.25, -0.2) is 4.98 Å². The molecule has 0 amide bonds. The lowest BCUT2D eigenvalue weighted by Crippen LogP contribution is -2.33. The van der Waals surface area contributed by atoms with Gasteiger partial charge in [0.15, 0.2) is 0 Å². The Morgan fingerprint density at radius 2 is 1.90 bits per heavy atom. The molecule has 1 aromatic carbocycles. The fourth-order valence-electron chi connectivity index (χ4n) is 2.25. The molecule has 0 aliphatic heterocycles. The SMILES string of the molecule is CCNC(Cc1ccc(Cl)cc1)Cc1nc(C)c(C)s1. The smallest absolute Gasteiger partial charge is 0.0946 e. The average molecular weight is 309 g/mol. The van der Waals surface area contributed by atoms with Gasteiger partial charge < -0.3 is 5.32 Å². The predicted octanol–water partition coefficient (Wildman–Crippen LogP) is 4.18. The lowest BCUT2D eigenvalue weighted by molar-refractivity contribution is 0.520. The molecule has 0 bridgehead atoms. The minimum Gasteiger partial charge on any atom is -0.314 e. The Balaban J connectivity index is 2.04. The van der Waals surface area contributed by atoms with Crippen LogP contribution in [0.1, 0.15) is 28.1 Å². The molecule has 4 heteroatoms. The zero-order valence-electron chi connectivity index (χ0n) is 12.2. The average Bonchev–Trinajstić information content (AvgIpc) is 2.71. The fraction of sp³-hybridized carbons (Fsp3) is 0.438. The molecule has 1 heterocycles. The highest BCUT2D eigenvalue weighted by Gasteiger charge is 2.13. The van der Waals surface area contributed by atoms with Gasteiger partial charge in [0.2, 0.25) is 0 Å². The Labute approximate surface area is 130 Å². The van der Waals surface area contributed by atoms with E-state index in [1.165, 1.54) is 15.4 Å². The zero-order chi connectivity index (χ0) is 14.5. The topological polar surface area (TPSA) is 24.9 Å². The third-order valence-electron chi connectivity index (χ3n) is 3.38. The maximum atomic E-state index is 5.94. The summed E-state index contributed by atoms with van der Waals surface area (Å²) in [6.45, 7) is 7.34. The van der Waals surface area contributed by atoms with Gasteiger partial charge in [-0.1, -0.05) is 30.7 Å². The van der Waals surface area contributed by atoms with Crippen LogP contribution in [0.25, 0.3) is 0 Å². The van der Waals surface area contributed by atoms with Crippen molar-refractivity contribution in [1.29, 1.82) is 0 Å². The monoisotopic (exact) mass is 308 g/mol. The fourth-order valence-corrected chi connectivity index (χ4v) is 3.39. The molecule has 1 N–H and O–H groups in total. The van der Waals surface area contributed by atoms with Crippen LogP contribution < -0.4 is 5.32 Å². The van der Waals surface area contributed by atoms with Crippen molar-refractivity contribution in [2.75, 3.05) is 6.54 Å². The van der Waals surface area contributed by atoms with Gasteiger partial charge in [0.1, 0.15) is 0 Å². The Kier molecular flexibility index (Phi) is 5.58. The van der Waals surface area contributed by atoms with Crippen molar-refractivity contribution in [2.45, 2.75) is 39.7 Å². The molecule has 2 nitrogen and oxygen atoms in total. The van der Waals surface area contributed by atoms with Crippen LogP contribution in [0.15, 0.2) is 24.3 Å². The van der Waals surface area contributed by atoms with E-state index in [4.69, 9.17) is 11.6 Å². The first-order valence-corrected chi connectivity index (χ1v) is 8.18. The van der Waals surface area contributed by atoms with Crippen LogP contribution in [0.2, 0.25) is 5.02 Å². The number of aryl methyl sites for hydroxylation is 2. The first-order valence-electron chi connectivity index (χ1n) is 6.99. The van der Waals surface area contributed by atoms with Gasteiger partial charge in [0, 0.05) is 22.4 Å². The lowest BCUT2D eigenvalue weighted by atomic mass is 10.0. The molecule has 0 aliphatic rings. The quantitative estimate of drug-likeness (QED) is 0.866. The molecule has 20 heavy (non-hydrogen) atoms. The molecule has 1 atom stereocenters. The first kappa shape index (κ1) is 15.5. The number of likely N-dealkylation sites (N-methyl/N-ethyl adjacent to an activating group) is 1. The summed E-state index contributed by atoms with van der Waals surface area (Å²) in [7, 11) is 0. The summed E-state index contributed by atoms with van der Waals surface area (Å²) in [5.74, 6) is 0. The predicted molar refractivity (Wildman–Crippen MR) is 87.9 cm³/mol. The maximum absolute atomic E-state index is 5.94. The van der Waals surface area contributed by atoms with Gasteiger partial charge in [0.05, 0.1) is 10.7 Å². The molecule has 0 fully saturated rings. The standard InChI is InChI=1S/C16H21ClN2S/c1-4-18-15(9-13-5-7-14(17)8-6-13)10-16-19-11(2)12(3)20-16/h5-8,15,18H,4,9-10H2,1-3H3. The molecule has 0 spiro atoms. The van der Waals surface area contributed by atoms with Gasteiger partial charge in [-0.15, -0.1) is 11.3 Å². The van der Waals surface area contributed by atoms with Crippen molar-refractivity contribution in [3.05, 3.63) is 50.4 Å². The van der Waals surface area contributed by atoms with E-state index in [9.17, 15) is 0 Å². The van der Waals surface area contributed by atoms with Crippen LogP contribution in [-0.4, -0.2) is 17.6 Å². The van der Waals surface area contributed by atoms with Crippen molar-refractivity contribution in [2.24, 2.45) is 0 Å². The van der Waals surface area contributed by atoms with E-state index in [2.05, 4.69) is 43.2 Å². The van der Waals surface area contributed by atoms with Crippen LogP contribution in [0, 0.1) is 13.8 Å². The molecular weight excluding hydrogens is 288 g/mol. The molecular formula is C16H21ClN2S.